The van der Waals surface area contributed by atoms with Crippen molar-refractivity contribution in [2.75, 3.05) is 39.6 Å². The van der Waals surface area contributed by atoms with Gasteiger partial charge in [-0.3, -0.25) is 9.13 Å². The Labute approximate surface area is 491 Å². The minimum atomic E-state index is -4.53. The van der Waals surface area contributed by atoms with Crippen LogP contribution in [0.4, 0.5) is 0 Å². The van der Waals surface area contributed by atoms with Crippen molar-refractivity contribution in [3.63, 3.8) is 0 Å². The van der Waals surface area contributed by atoms with E-state index in [1.807, 2.05) is 84.9 Å². The molecule has 0 spiro atoms. The zero-order valence-electron chi connectivity index (χ0n) is 46.6. The van der Waals surface area contributed by atoms with Crippen LogP contribution in [0.25, 0.3) is 64.6 Å². The lowest BCUT2D eigenvalue weighted by atomic mass is 9.96. The molecule has 0 aliphatic heterocycles. The van der Waals surface area contributed by atoms with Gasteiger partial charge in [0.1, 0.15) is 0 Å². The van der Waals surface area contributed by atoms with Crippen molar-refractivity contribution >= 4 is 80.3 Å². The maximum atomic E-state index is 12.6. The SMILES string of the molecule is O=P([O-])(OCCCC#Cc1ccc(C#CCCCO)c2cc3ccccc3cc12)OCCCC#Cc1ccc(C#CCCCOP(=O)([O-])OCCCC#Cc2ccc(C#CCCCO)c3cc4ccccc4cc23)c2cc3ccccc3cc12. The molecule has 0 saturated heterocycles. The molecule has 0 aromatic heterocycles. The molecule has 0 fully saturated rings. The molecular weight excluding hydrogens is 1090 g/mol. The van der Waals surface area contributed by atoms with E-state index >= 15 is 0 Å². The van der Waals surface area contributed by atoms with Crippen LogP contribution in [0.1, 0.15) is 110 Å². The lowest BCUT2D eigenvalue weighted by Gasteiger charge is -2.22. The van der Waals surface area contributed by atoms with Crippen LogP contribution in [0.2, 0.25) is 0 Å². The smallest absolute Gasteiger partial charge is 0.267 e. The van der Waals surface area contributed by atoms with Gasteiger partial charge < -0.3 is 38.1 Å². The summed E-state index contributed by atoms with van der Waals surface area (Å²) in [6.07, 6.45) is 5.65. The van der Waals surface area contributed by atoms with Crippen molar-refractivity contribution in [1.82, 2.24) is 0 Å². The zero-order valence-corrected chi connectivity index (χ0v) is 48.4. The molecule has 9 aromatic rings. The second-order valence-corrected chi connectivity index (χ2v) is 22.6. The number of hydrogen-bond donors (Lipinski definition) is 2. The van der Waals surface area contributed by atoms with E-state index in [-0.39, 0.29) is 39.6 Å². The quantitative estimate of drug-likeness (QED) is 0.0326. The van der Waals surface area contributed by atoms with Gasteiger partial charge in [-0.1, -0.05) is 144 Å². The monoisotopic (exact) mass is 1150 g/mol. The fraction of sp³-hybridized carbons (Fsp3) is 0.250. The molecule has 2 N–H and O–H groups in total. The zero-order chi connectivity index (χ0) is 58.4. The minimum Gasteiger partial charge on any atom is -0.756 e. The highest BCUT2D eigenvalue weighted by Gasteiger charge is 2.12. The van der Waals surface area contributed by atoms with E-state index in [4.69, 9.17) is 28.3 Å². The molecule has 0 aliphatic rings. The molecule has 0 saturated carbocycles. The predicted octanol–water partition coefficient (Wildman–Crippen LogP) is 13.8. The normalized spacial score (nSPS) is 12.3. The maximum absolute atomic E-state index is 12.6. The van der Waals surface area contributed by atoms with Crippen molar-refractivity contribution < 1.29 is 47.2 Å². The van der Waals surface area contributed by atoms with Crippen LogP contribution in [0.3, 0.4) is 0 Å². The van der Waals surface area contributed by atoms with E-state index in [1.165, 1.54) is 0 Å². The van der Waals surface area contributed by atoms with Crippen LogP contribution in [0.5, 0.6) is 0 Å². The third-order valence-corrected chi connectivity index (χ3v) is 15.7. The molecule has 0 radical (unpaired) electrons. The van der Waals surface area contributed by atoms with Crippen molar-refractivity contribution in [1.29, 1.82) is 0 Å². The maximum Gasteiger partial charge on any atom is 0.267 e. The Kier molecular flexibility index (Phi) is 22.0. The molecule has 0 heterocycles. The van der Waals surface area contributed by atoms with Crippen LogP contribution in [-0.2, 0) is 27.2 Å². The van der Waals surface area contributed by atoms with Crippen LogP contribution in [0.15, 0.2) is 146 Å². The molecule has 10 nitrogen and oxygen atoms in total. The summed E-state index contributed by atoms with van der Waals surface area (Å²) in [5.74, 6) is 38.6. The van der Waals surface area contributed by atoms with E-state index < -0.39 is 15.6 Å². The number of benzene rings is 9. The topological polar surface area (TPSA) is 158 Å². The molecule has 2 unspecified atom stereocenters. The van der Waals surface area contributed by atoms with Gasteiger partial charge in [-0.2, -0.15) is 0 Å². The van der Waals surface area contributed by atoms with Gasteiger partial charge >= 0.3 is 0 Å². The van der Waals surface area contributed by atoms with Crippen molar-refractivity contribution in [2.45, 2.75) is 77.0 Å². The first-order valence-electron chi connectivity index (χ1n) is 28.3. The average molecular weight is 1150 g/mol. The summed E-state index contributed by atoms with van der Waals surface area (Å²) in [6, 6.07) is 48.7. The third-order valence-electron chi connectivity index (χ3n) is 13.7. The Balaban J connectivity index is 0.713. The Morgan fingerprint density at radius 3 is 0.690 bits per heavy atom. The summed E-state index contributed by atoms with van der Waals surface area (Å²) in [5.41, 5.74) is 5.13. The van der Waals surface area contributed by atoms with E-state index in [0.717, 1.165) is 98.0 Å². The summed E-state index contributed by atoms with van der Waals surface area (Å²) in [5, 5.41) is 30.6. The summed E-state index contributed by atoms with van der Waals surface area (Å²) in [7, 11) is -9.06. The van der Waals surface area contributed by atoms with E-state index in [2.05, 4.69) is 132 Å². The van der Waals surface area contributed by atoms with Gasteiger partial charge in [-0.15, -0.1) is 0 Å². The van der Waals surface area contributed by atoms with E-state index in [0.29, 0.717) is 77.0 Å². The Hall–Kier alpha value is -7.96. The first-order chi connectivity index (χ1) is 41.1. The lowest BCUT2D eigenvalue weighted by molar-refractivity contribution is -0.226. The summed E-state index contributed by atoms with van der Waals surface area (Å²) < 4.78 is 45.8. The van der Waals surface area contributed by atoms with Crippen LogP contribution >= 0.6 is 15.6 Å². The van der Waals surface area contributed by atoms with Crippen molar-refractivity contribution in [3.05, 3.63) is 179 Å². The van der Waals surface area contributed by atoms with Gasteiger partial charge in [-0.05, 0) is 176 Å². The van der Waals surface area contributed by atoms with Gasteiger partial charge in [0.25, 0.3) is 15.6 Å². The number of unbranched alkanes of at least 4 members (excludes halogenated alkanes) is 6. The number of phosphoric ester groups is 2. The standard InChI is InChI=1S/C72H64O10P2/c73-43-19-1-7-25-55-37-39-57(69-51-63-33-15-13-31-61(63)49-67(55)69)27-9-3-21-45-79-83(75,76)81-47-23-5-11-29-59-41-42-60(72-54-66-36-18-17-35-65(66)53-71(59)72)30-12-6-24-48-82-84(77,78)80-46-22-4-10-28-58-40-38-56(26-8-2-20-44-74)68-50-62-32-14-16-34-64(62)52-70(58)68/h13-18,31-42,49-54,73-74H,1-6,19-24,43-48H2,(H,75,76)(H,77,78)/p-2. The average Bonchev–Trinajstić information content (AvgIpc) is 2.42. The van der Waals surface area contributed by atoms with Crippen LogP contribution < -0.4 is 9.79 Å². The molecular formula is C72H62O10P2-2. The van der Waals surface area contributed by atoms with Gasteiger partial charge in [0.2, 0.25) is 0 Å². The third kappa shape index (κ3) is 17.1. The molecule has 12 heteroatoms. The van der Waals surface area contributed by atoms with Gasteiger partial charge in [0.15, 0.2) is 0 Å². The van der Waals surface area contributed by atoms with Crippen molar-refractivity contribution in [2.24, 2.45) is 0 Å². The highest BCUT2D eigenvalue weighted by molar-refractivity contribution is 7.46. The Morgan fingerprint density at radius 2 is 0.500 bits per heavy atom. The Bertz CT molecular complexity index is 4080. The molecule has 0 bridgehead atoms. The molecule has 9 rings (SSSR count). The van der Waals surface area contributed by atoms with Gasteiger partial charge in [-0.25, -0.2) is 0 Å². The molecule has 0 aliphatic carbocycles. The lowest BCUT2D eigenvalue weighted by Crippen LogP contribution is -2.09. The van der Waals surface area contributed by atoms with E-state index in [9.17, 15) is 18.9 Å². The predicted molar refractivity (Wildman–Crippen MR) is 334 cm³/mol. The molecule has 0 amide bonds. The first kappa shape index (κ1) is 60.6. The number of phosphoric acid groups is 2. The number of hydrogen-bond acceptors (Lipinski definition) is 10. The summed E-state index contributed by atoms with van der Waals surface area (Å²) >= 11 is 0. The minimum absolute atomic E-state index is 0.0562. The number of fused-ring (bicyclic) bond motifs is 6. The molecule has 9 aromatic carbocycles. The highest BCUT2D eigenvalue weighted by atomic mass is 31.2. The largest absolute Gasteiger partial charge is 0.756 e. The number of rotatable bonds is 20. The summed E-state index contributed by atoms with van der Waals surface area (Å²) in [6.45, 7) is -0.0464. The van der Waals surface area contributed by atoms with Crippen molar-refractivity contribution in [3.8, 4) is 71.0 Å². The molecule has 84 heavy (non-hydrogen) atoms. The Morgan fingerprint density at radius 1 is 0.310 bits per heavy atom. The number of aliphatic hydroxyl groups excluding tert-OH is 2. The fourth-order valence-corrected chi connectivity index (χ4v) is 11.0. The second-order valence-electron chi connectivity index (χ2n) is 19.8. The van der Waals surface area contributed by atoms with Crippen LogP contribution in [-0.4, -0.2) is 49.9 Å². The highest BCUT2D eigenvalue weighted by Crippen LogP contribution is 2.40. The molecule has 422 valence electrons. The van der Waals surface area contributed by atoms with Gasteiger partial charge in [0, 0.05) is 85.1 Å². The second kappa shape index (κ2) is 30.5. The molecule has 2 atom stereocenters. The number of aliphatic hydroxyl groups is 2. The fourth-order valence-electron chi connectivity index (χ4n) is 9.45. The summed E-state index contributed by atoms with van der Waals surface area (Å²) in [4.78, 5) is 25.2. The van der Waals surface area contributed by atoms with E-state index in [1.54, 1.807) is 0 Å². The van der Waals surface area contributed by atoms with Crippen LogP contribution in [0, 0.1) is 71.0 Å². The first-order valence-corrected chi connectivity index (χ1v) is 31.2. The van der Waals surface area contributed by atoms with Gasteiger partial charge in [0.05, 0.1) is 26.4 Å².